The summed E-state index contributed by atoms with van der Waals surface area (Å²) in [6.07, 6.45) is 1.55. The largest absolute Gasteiger partial charge is 0.481 e. The summed E-state index contributed by atoms with van der Waals surface area (Å²) in [7, 11) is 0. The molecule has 2 N–H and O–H groups in total. The maximum absolute atomic E-state index is 11.6. The highest BCUT2D eigenvalue weighted by Gasteiger charge is 2.22. The van der Waals surface area contributed by atoms with Gasteiger partial charge in [-0.15, -0.1) is 0 Å². The zero-order valence-electron chi connectivity index (χ0n) is 11.1. The fourth-order valence-electron chi connectivity index (χ4n) is 1.85. The van der Waals surface area contributed by atoms with Crippen molar-refractivity contribution in [1.82, 2.24) is 10.2 Å². The van der Waals surface area contributed by atoms with E-state index in [1.807, 2.05) is 6.92 Å². The van der Waals surface area contributed by atoms with E-state index in [0.29, 0.717) is 19.5 Å². The Morgan fingerprint density at radius 3 is 2.79 bits per heavy atom. The maximum Gasteiger partial charge on any atom is 0.308 e. The molecular weight excluding hydrogens is 268 g/mol. The first-order valence-corrected chi connectivity index (χ1v) is 7.44. The van der Waals surface area contributed by atoms with Crippen LogP contribution < -0.4 is 5.32 Å². The second-order valence-corrected chi connectivity index (χ2v) is 5.53. The number of carbonyl (C=O) groups excluding carboxylic acids is 2. The third-order valence-corrected chi connectivity index (χ3v) is 3.88. The number of amides is 2. The van der Waals surface area contributed by atoms with Crippen LogP contribution in [0.3, 0.4) is 0 Å². The molecule has 0 aliphatic carbocycles. The van der Waals surface area contributed by atoms with Gasteiger partial charge in [-0.25, -0.2) is 0 Å². The molecule has 1 rings (SSSR count). The predicted molar refractivity (Wildman–Crippen MR) is 73.1 cm³/mol. The van der Waals surface area contributed by atoms with Crippen LogP contribution in [0.1, 0.15) is 26.2 Å². The molecule has 1 aliphatic rings. The molecule has 0 spiro atoms. The first-order chi connectivity index (χ1) is 9.04. The number of nitrogens with zero attached hydrogens (tertiary/aromatic N) is 1. The van der Waals surface area contributed by atoms with E-state index in [1.54, 1.807) is 4.90 Å². The van der Waals surface area contributed by atoms with E-state index in [2.05, 4.69) is 5.32 Å². The van der Waals surface area contributed by atoms with Crippen LogP contribution in [-0.4, -0.2) is 52.5 Å². The highest BCUT2D eigenvalue weighted by atomic mass is 32.2. The molecule has 1 atom stereocenters. The van der Waals surface area contributed by atoms with Gasteiger partial charge >= 0.3 is 5.97 Å². The first kappa shape index (κ1) is 15.8. The molecule has 0 bridgehead atoms. The van der Waals surface area contributed by atoms with Gasteiger partial charge in [-0.3, -0.25) is 14.4 Å². The van der Waals surface area contributed by atoms with Gasteiger partial charge in [-0.1, -0.05) is 25.1 Å². The summed E-state index contributed by atoms with van der Waals surface area (Å²) in [5, 5.41) is 11.6. The summed E-state index contributed by atoms with van der Waals surface area (Å²) in [6, 6.07) is 0. The molecular formula is C12H20N2O4S. The Balaban J connectivity index is 2.23. The lowest BCUT2D eigenvalue weighted by molar-refractivity contribution is -0.141. The van der Waals surface area contributed by atoms with E-state index in [0.717, 1.165) is 12.2 Å². The van der Waals surface area contributed by atoms with Gasteiger partial charge < -0.3 is 15.3 Å². The SMILES string of the molecule is CCCC(CNC(=O)CCN1CCSC1=O)C(=O)O. The van der Waals surface area contributed by atoms with Gasteiger partial charge in [-0.05, 0) is 6.42 Å². The van der Waals surface area contributed by atoms with E-state index >= 15 is 0 Å². The average molecular weight is 288 g/mol. The van der Waals surface area contributed by atoms with Gasteiger partial charge in [0.2, 0.25) is 5.91 Å². The minimum absolute atomic E-state index is 0.0159. The molecule has 1 fully saturated rings. The van der Waals surface area contributed by atoms with Crippen molar-refractivity contribution in [2.45, 2.75) is 26.2 Å². The van der Waals surface area contributed by atoms with Gasteiger partial charge in [0, 0.05) is 31.8 Å². The minimum Gasteiger partial charge on any atom is -0.481 e. The van der Waals surface area contributed by atoms with Crippen LogP contribution in [0.4, 0.5) is 4.79 Å². The molecule has 1 aliphatic heterocycles. The summed E-state index contributed by atoms with van der Waals surface area (Å²) in [5.41, 5.74) is 0. The number of thioether (sulfide) groups is 1. The standard InChI is InChI=1S/C12H20N2O4S/c1-2-3-9(11(16)17)8-13-10(15)4-5-14-6-7-19-12(14)18/h9H,2-8H2,1H3,(H,13,15)(H,16,17). The highest BCUT2D eigenvalue weighted by molar-refractivity contribution is 8.13. The van der Waals surface area contributed by atoms with E-state index in [-0.39, 0.29) is 24.1 Å². The molecule has 6 nitrogen and oxygen atoms in total. The predicted octanol–water partition coefficient (Wildman–Crippen LogP) is 1.16. The van der Waals surface area contributed by atoms with Crippen LogP contribution in [0, 0.1) is 5.92 Å². The number of nitrogens with one attached hydrogen (secondary N) is 1. The van der Waals surface area contributed by atoms with Crippen molar-refractivity contribution in [2.75, 3.05) is 25.4 Å². The first-order valence-electron chi connectivity index (χ1n) is 6.45. The fraction of sp³-hybridized carbons (Fsp3) is 0.750. The van der Waals surface area contributed by atoms with E-state index in [4.69, 9.17) is 5.11 Å². The Morgan fingerprint density at radius 2 is 2.26 bits per heavy atom. The van der Waals surface area contributed by atoms with Crippen LogP contribution in [-0.2, 0) is 9.59 Å². The van der Waals surface area contributed by atoms with Crippen molar-refractivity contribution < 1.29 is 19.5 Å². The summed E-state index contributed by atoms with van der Waals surface area (Å²) < 4.78 is 0. The van der Waals surface area contributed by atoms with Crippen molar-refractivity contribution >= 4 is 28.9 Å². The second-order valence-electron chi connectivity index (χ2n) is 4.48. The molecule has 108 valence electrons. The Bertz CT molecular complexity index is 349. The fourth-order valence-corrected chi connectivity index (χ4v) is 2.70. The number of carbonyl (C=O) groups is 3. The minimum atomic E-state index is -0.881. The molecule has 7 heteroatoms. The molecule has 0 saturated carbocycles. The van der Waals surface area contributed by atoms with Crippen molar-refractivity contribution in [2.24, 2.45) is 5.92 Å². The van der Waals surface area contributed by atoms with Crippen molar-refractivity contribution in [3.8, 4) is 0 Å². The van der Waals surface area contributed by atoms with Crippen LogP contribution in [0.25, 0.3) is 0 Å². The number of rotatable bonds is 8. The lowest BCUT2D eigenvalue weighted by atomic mass is 10.0. The average Bonchev–Trinajstić information content (AvgIpc) is 2.77. The molecule has 1 heterocycles. The van der Waals surface area contributed by atoms with E-state index < -0.39 is 11.9 Å². The van der Waals surface area contributed by atoms with Crippen LogP contribution in [0.5, 0.6) is 0 Å². The number of hydrogen-bond donors (Lipinski definition) is 2. The van der Waals surface area contributed by atoms with Crippen LogP contribution >= 0.6 is 11.8 Å². The molecule has 0 aromatic carbocycles. The molecule has 2 amide bonds. The quantitative estimate of drug-likeness (QED) is 0.700. The van der Waals surface area contributed by atoms with Crippen LogP contribution in [0.15, 0.2) is 0 Å². The molecule has 0 aromatic rings. The summed E-state index contributed by atoms with van der Waals surface area (Å²) in [5.74, 6) is -0.837. The summed E-state index contributed by atoms with van der Waals surface area (Å²) in [4.78, 5) is 35.4. The van der Waals surface area contributed by atoms with Crippen LogP contribution in [0.2, 0.25) is 0 Å². The van der Waals surface area contributed by atoms with E-state index in [1.165, 1.54) is 11.8 Å². The monoisotopic (exact) mass is 288 g/mol. The second kappa shape index (κ2) is 8.04. The smallest absolute Gasteiger partial charge is 0.308 e. The Kier molecular flexibility index (Phi) is 6.69. The maximum atomic E-state index is 11.6. The van der Waals surface area contributed by atoms with Crippen molar-refractivity contribution in [3.63, 3.8) is 0 Å². The zero-order valence-corrected chi connectivity index (χ0v) is 11.9. The molecule has 1 unspecified atom stereocenters. The van der Waals surface area contributed by atoms with Crippen molar-refractivity contribution in [3.05, 3.63) is 0 Å². The third kappa shape index (κ3) is 5.50. The summed E-state index contributed by atoms with van der Waals surface area (Å²) in [6.45, 7) is 3.16. The molecule has 1 saturated heterocycles. The number of hydrogen-bond acceptors (Lipinski definition) is 4. The van der Waals surface area contributed by atoms with Gasteiger partial charge in [0.25, 0.3) is 5.24 Å². The van der Waals surface area contributed by atoms with Gasteiger partial charge in [0.15, 0.2) is 0 Å². The molecule has 19 heavy (non-hydrogen) atoms. The Labute approximate surface area is 116 Å². The molecule has 0 radical (unpaired) electrons. The highest BCUT2D eigenvalue weighted by Crippen LogP contribution is 2.16. The molecule has 0 aromatic heterocycles. The zero-order chi connectivity index (χ0) is 14.3. The summed E-state index contributed by atoms with van der Waals surface area (Å²) >= 11 is 1.26. The third-order valence-electron chi connectivity index (χ3n) is 2.99. The van der Waals surface area contributed by atoms with Crippen molar-refractivity contribution in [1.29, 1.82) is 0 Å². The number of carboxylic acid groups (broad SMARTS) is 1. The Hall–Kier alpha value is -1.24. The lowest BCUT2D eigenvalue weighted by Crippen LogP contribution is -2.35. The lowest BCUT2D eigenvalue weighted by Gasteiger charge is -2.15. The Morgan fingerprint density at radius 1 is 1.53 bits per heavy atom. The van der Waals surface area contributed by atoms with Gasteiger partial charge in [0.1, 0.15) is 0 Å². The van der Waals surface area contributed by atoms with E-state index in [9.17, 15) is 14.4 Å². The van der Waals surface area contributed by atoms with Gasteiger partial charge in [0.05, 0.1) is 5.92 Å². The number of aliphatic carboxylic acids is 1. The van der Waals surface area contributed by atoms with Gasteiger partial charge in [-0.2, -0.15) is 0 Å². The normalized spacial score (nSPS) is 16.5. The topological polar surface area (TPSA) is 86.7 Å². The number of carboxylic acids is 1.